The van der Waals surface area contributed by atoms with E-state index in [1.807, 2.05) is 24.3 Å². The highest BCUT2D eigenvalue weighted by Gasteiger charge is 2.31. The van der Waals surface area contributed by atoms with Crippen molar-refractivity contribution in [3.05, 3.63) is 34.3 Å². The van der Waals surface area contributed by atoms with Gasteiger partial charge in [-0.25, -0.2) is 0 Å². The average molecular weight is 342 g/mol. The maximum Gasteiger partial charge on any atom is 0.0802 e. The molecule has 0 spiro atoms. The molecular formula is C16H24BrNO2. The molecule has 1 heterocycles. The molecule has 112 valence electrons. The molecule has 1 aliphatic rings. The highest BCUT2D eigenvalue weighted by Crippen LogP contribution is 2.23. The first-order valence-corrected chi connectivity index (χ1v) is 7.99. The number of hydrogen-bond donors (Lipinski definition) is 1. The Hall–Kier alpha value is -0.420. The molecule has 2 atom stereocenters. The first-order chi connectivity index (χ1) is 9.35. The lowest BCUT2D eigenvalue weighted by Crippen LogP contribution is -2.52. The quantitative estimate of drug-likeness (QED) is 0.911. The molecule has 2 unspecified atom stereocenters. The van der Waals surface area contributed by atoms with Crippen molar-refractivity contribution in [2.45, 2.75) is 45.0 Å². The molecular weight excluding hydrogens is 318 g/mol. The van der Waals surface area contributed by atoms with Crippen LogP contribution in [0.5, 0.6) is 0 Å². The average Bonchev–Trinajstić information content (AvgIpc) is 2.34. The molecule has 1 N–H and O–H groups in total. The SMILES string of the molecule is CC1CN(CCC(O)c2ccc(Br)cc2)CC(C)(C)O1. The molecule has 2 rings (SSSR count). The first kappa shape index (κ1) is 16.0. The van der Waals surface area contributed by atoms with Gasteiger partial charge in [0.05, 0.1) is 17.8 Å². The van der Waals surface area contributed by atoms with Gasteiger partial charge in [0.2, 0.25) is 0 Å². The summed E-state index contributed by atoms with van der Waals surface area (Å²) >= 11 is 3.41. The molecule has 1 fully saturated rings. The van der Waals surface area contributed by atoms with Crippen LogP contribution < -0.4 is 0 Å². The molecule has 1 aromatic carbocycles. The van der Waals surface area contributed by atoms with Crippen molar-refractivity contribution < 1.29 is 9.84 Å². The molecule has 0 aromatic heterocycles. The second-order valence-corrected chi connectivity index (χ2v) is 7.19. The summed E-state index contributed by atoms with van der Waals surface area (Å²) < 4.78 is 6.94. The van der Waals surface area contributed by atoms with Crippen LogP contribution in [-0.4, -0.2) is 41.3 Å². The first-order valence-electron chi connectivity index (χ1n) is 7.19. The number of halogens is 1. The Morgan fingerprint density at radius 1 is 1.40 bits per heavy atom. The number of benzene rings is 1. The Kier molecular flexibility index (Phi) is 5.24. The van der Waals surface area contributed by atoms with Crippen LogP contribution in [0.3, 0.4) is 0 Å². The van der Waals surface area contributed by atoms with Crippen molar-refractivity contribution in [1.82, 2.24) is 4.90 Å². The topological polar surface area (TPSA) is 32.7 Å². The van der Waals surface area contributed by atoms with E-state index in [1.165, 1.54) is 0 Å². The van der Waals surface area contributed by atoms with E-state index in [4.69, 9.17) is 4.74 Å². The molecule has 3 nitrogen and oxygen atoms in total. The molecule has 0 radical (unpaired) electrons. The zero-order valence-electron chi connectivity index (χ0n) is 12.5. The minimum atomic E-state index is -0.399. The van der Waals surface area contributed by atoms with Crippen molar-refractivity contribution in [2.75, 3.05) is 19.6 Å². The van der Waals surface area contributed by atoms with Crippen LogP contribution >= 0.6 is 15.9 Å². The van der Waals surface area contributed by atoms with Gasteiger partial charge in [-0.3, -0.25) is 4.90 Å². The van der Waals surface area contributed by atoms with Gasteiger partial charge < -0.3 is 9.84 Å². The molecule has 20 heavy (non-hydrogen) atoms. The fraction of sp³-hybridized carbons (Fsp3) is 0.625. The van der Waals surface area contributed by atoms with Gasteiger partial charge in [-0.05, 0) is 44.9 Å². The van der Waals surface area contributed by atoms with E-state index in [2.05, 4.69) is 41.6 Å². The van der Waals surface area contributed by atoms with E-state index in [0.717, 1.165) is 36.1 Å². The number of aliphatic hydroxyl groups excluding tert-OH is 1. The Morgan fingerprint density at radius 3 is 2.65 bits per heavy atom. The predicted octanol–water partition coefficient (Wildman–Crippen LogP) is 3.37. The lowest BCUT2D eigenvalue weighted by molar-refractivity contribution is -0.130. The van der Waals surface area contributed by atoms with Crippen molar-refractivity contribution in [3.8, 4) is 0 Å². The second-order valence-electron chi connectivity index (χ2n) is 6.28. The number of morpholine rings is 1. The van der Waals surface area contributed by atoms with Crippen LogP contribution in [0.15, 0.2) is 28.7 Å². The van der Waals surface area contributed by atoms with Gasteiger partial charge in [-0.2, -0.15) is 0 Å². The minimum Gasteiger partial charge on any atom is -0.388 e. The van der Waals surface area contributed by atoms with Gasteiger partial charge in [-0.1, -0.05) is 28.1 Å². The van der Waals surface area contributed by atoms with Crippen LogP contribution in [0.2, 0.25) is 0 Å². The summed E-state index contributed by atoms with van der Waals surface area (Å²) in [5, 5.41) is 10.3. The Labute approximate surface area is 130 Å². The third-order valence-electron chi connectivity index (χ3n) is 3.61. The maximum absolute atomic E-state index is 10.3. The summed E-state index contributed by atoms with van der Waals surface area (Å²) in [6.07, 6.45) is 0.609. The van der Waals surface area contributed by atoms with E-state index in [-0.39, 0.29) is 11.7 Å². The normalized spacial score (nSPS) is 24.6. The highest BCUT2D eigenvalue weighted by molar-refractivity contribution is 9.10. The lowest BCUT2D eigenvalue weighted by Gasteiger charge is -2.42. The predicted molar refractivity (Wildman–Crippen MR) is 84.8 cm³/mol. The summed E-state index contributed by atoms with van der Waals surface area (Å²) in [6.45, 7) is 9.12. The van der Waals surface area contributed by atoms with Crippen LogP contribution in [0.1, 0.15) is 38.9 Å². The number of nitrogens with zero attached hydrogens (tertiary/aromatic N) is 1. The van der Waals surface area contributed by atoms with Gasteiger partial charge in [0, 0.05) is 24.1 Å². The van der Waals surface area contributed by atoms with Gasteiger partial charge in [0.25, 0.3) is 0 Å². The number of rotatable bonds is 4. The van der Waals surface area contributed by atoms with Crippen molar-refractivity contribution in [1.29, 1.82) is 0 Å². The Balaban J connectivity index is 1.86. The van der Waals surface area contributed by atoms with Crippen molar-refractivity contribution in [2.24, 2.45) is 0 Å². The van der Waals surface area contributed by atoms with Crippen LogP contribution in [0, 0.1) is 0 Å². The fourth-order valence-corrected chi connectivity index (χ4v) is 3.18. The summed E-state index contributed by atoms with van der Waals surface area (Å²) in [7, 11) is 0. The second kappa shape index (κ2) is 6.56. The number of ether oxygens (including phenoxy) is 1. The van der Waals surface area contributed by atoms with Crippen molar-refractivity contribution >= 4 is 15.9 Å². The molecule has 0 amide bonds. The van der Waals surface area contributed by atoms with E-state index < -0.39 is 6.10 Å². The molecule has 1 aromatic rings. The van der Waals surface area contributed by atoms with E-state index in [9.17, 15) is 5.11 Å². The fourth-order valence-electron chi connectivity index (χ4n) is 2.91. The maximum atomic E-state index is 10.3. The summed E-state index contributed by atoms with van der Waals surface area (Å²) in [6, 6.07) is 7.89. The van der Waals surface area contributed by atoms with Crippen LogP contribution in [0.25, 0.3) is 0 Å². The molecule has 4 heteroatoms. The molecule has 0 saturated carbocycles. The van der Waals surface area contributed by atoms with Gasteiger partial charge in [0.1, 0.15) is 0 Å². The van der Waals surface area contributed by atoms with E-state index >= 15 is 0 Å². The molecule has 0 aliphatic carbocycles. The molecule has 0 bridgehead atoms. The third kappa shape index (κ3) is 4.55. The largest absolute Gasteiger partial charge is 0.388 e. The summed E-state index contributed by atoms with van der Waals surface area (Å²) in [4.78, 5) is 2.39. The van der Waals surface area contributed by atoms with Gasteiger partial charge in [-0.15, -0.1) is 0 Å². The smallest absolute Gasteiger partial charge is 0.0802 e. The summed E-state index contributed by atoms with van der Waals surface area (Å²) in [5.41, 5.74) is 0.883. The van der Waals surface area contributed by atoms with Crippen LogP contribution in [-0.2, 0) is 4.74 Å². The highest BCUT2D eigenvalue weighted by atomic mass is 79.9. The Morgan fingerprint density at radius 2 is 2.05 bits per heavy atom. The van der Waals surface area contributed by atoms with Gasteiger partial charge in [0.15, 0.2) is 0 Å². The van der Waals surface area contributed by atoms with E-state index in [1.54, 1.807) is 0 Å². The monoisotopic (exact) mass is 341 g/mol. The van der Waals surface area contributed by atoms with E-state index in [0.29, 0.717) is 0 Å². The Bertz CT molecular complexity index is 433. The van der Waals surface area contributed by atoms with Crippen molar-refractivity contribution in [3.63, 3.8) is 0 Å². The third-order valence-corrected chi connectivity index (χ3v) is 4.14. The number of aliphatic hydroxyl groups is 1. The zero-order chi connectivity index (χ0) is 14.8. The minimum absolute atomic E-state index is 0.0970. The van der Waals surface area contributed by atoms with Gasteiger partial charge >= 0.3 is 0 Å². The van der Waals surface area contributed by atoms with Crippen LogP contribution in [0.4, 0.5) is 0 Å². The molecule has 1 saturated heterocycles. The lowest BCUT2D eigenvalue weighted by atomic mass is 10.0. The zero-order valence-corrected chi connectivity index (χ0v) is 14.1. The molecule has 1 aliphatic heterocycles. The standard InChI is InChI=1S/C16H24BrNO2/c1-12-10-18(11-16(2,3)20-12)9-8-15(19)13-4-6-14(17)7-5-13/h4-7,12,15,19H,8-11H2,1-3H3. The number of hydrogen-bond acceptors (Lipinski definition) is 3. The summed E-state index contributed by atoms with van der Waals surface area (Å²) in [5.74, 6) is 0.